The molecule has 1 aliphatic rings. The molecule has 3 heteroatoms. The molecule has 0 bridgehead atoms. The van der Waals surface area contributed by atoms with E-state index in [1.165, 1.54) is 81.4 Å². The fraction of sp³-hybridized carbons (Fsp3) is 0.370. The number of benzene rings is 2. The lowest BCUT2D eigenvalue weighted by atomic mass is 9.83. The molecule has 1 aliphatic carbocycles. The molecule has 0 spiro atoms. The van der Waals surface area contributed by atoms with Gasteiger partial charge in [0.15, 0.2) is 6.20 Å². The molecule has 0 atom stereocenters. The smallest absolute Gasteiger partial charge is 0.216 e. The van der Waals surface area contributed by atoms with Gasteiger partial charge in [-0.05, 0) is 55.7 Å². The first kappa shape index (κ1) is 18.0. The summed E-state index contributed by atoms with van der Waals surface area (Å²) in [5.41, 5.74) is 8.62. The number of rotatable bonds is 1. The molecule has 0 aliphatic heterocycles. The van der Waals surface area contributed by atoms with Crippen LogP contribution in [0.5, 0.6) is 0 Å². The summed E-state index contributed by atoms with van der Waals surface area (Å²) in [6.45, 7) is 4.45. The summed E-state index contributed by atoms with van der Waals surface area (Å²) in [5.74, 6) is 0.668. The number of aromatic nitrogens is 2. The van der Waals surface area contributed by atoms with Crippen molar-refractivity contribution in [3.05, 3.63) is 53.3 Å². The summed E-state index contributed by atoms with van der Waals surface area (Å²) in [6.07, 6.45) is 11.1. The van der Waals surface area contributed by atoms with E-state index in [1.807, 2.05) is 0 Å². The minimum Gasteiger partial charge on any atom is -0.456 e. The van der Waals surface area contributed by atoms with E-state index in [0.717, 1.165) is 11.2 Å². The van der Waals surface area contributed by atoms with E-state index in [0.29, 0.717) is 5.92 Å². The zero-order chi connectivity index (χ0) is 20.6. The Morgan fingerprint density at radius 1 is 1.00 bits per heavy atom. The topological polar surface area (TPSA) is 21.9 Å². The van der Waals surface area contributed by atoms with Gasteiger partial charge in [-0.15, -0.1) is 0 Å². The Bertz CT molecular complexity index is 1460. The maximum atomic E-state index is 6.74. The molecule has 1 fully saturated rings. The van der Waals surface area contributed by atoms with Crippen molar-refractivity contribution in [3.8, 4) is 0 Å². The second-order valence-electron chi connectivity index (χ2n) is 9.34. The predicted octanol–water partition coefficient (Wildman–Crippen LogP) is 6.72. The normalized spacial score (nSPS) is 15.9. The first-order valence-electron chi connectivity index (χ1n) is 11.3. The van der Waals surface area contributed by atoms with Crippen molar-refractivity contribution in [2.45, 2.75) is 51.9 Å². The quantitative estimate of drug-likeness (QED) is 0.175. The molecule has 3 heterocycles. The van der Waals surface area contributed by atoms with E-state index in [2.05, 4.69) is 73.7 Å². The van der Waals surface area contributed by atoms with E-state index in [4.69, 9.17) is 4.42 Å². The minimum absolute atomic E-state index is 0.668. The van der Waals surface area contributed by atoms with Crippen molar-refractivity contribution in [2.24, 2.45) is 14.1 Å². The van der Waals surface area contributed by atoms with Gasteiger partial charge in [-0.25, -0.2) is 4.57 Å². The first-order chi connectivity index (χ1) is 14.5. The summed E-state index contributed by atoms with van der Waals surface area (Å²) in [4.78, 5) is 0. The molecule has 2 aromatic carbocycles. The molecule has 5 aromatic rings. The van der Waals surface area contributed by atoms with Crippen molar-refractivity contribution in [1.29, 1.82) is 0 Å². The highest BCUT2D eigenvalue weighted by molar-refractivity contribution is 6.19. The molecule has 6 rings (SSSR count). The van der Waals surface area contributed by atoms with Crippen LogP contribution in [-0.2, 0) is 14.1 Å². The number of aryl methyl sites for hydroxylation is 4. The SMILES string of the molecule is Cc1c2cc[n+](C)c2c(C)c2c1oc1cc(C3CCCCC3)cc3ccn(C)c2c31. The van der Waals surface area contributed by atoms with Gasteiger partial charge in [-0.2, -0.15) is 0 Å². The Kier molecular flexibility index (Phi) is 3.80. The summed E-state index contributed by atoms with van der Waals surface area (Å²) in [6, 6.07) is 9.24. The van der Waals surface area contributed by atoms with Crippen LogP contribution in [0.2, 0.25) is 0 Å². The van der Waals surface area contributed by atoms with Crippen LogP contribution < -0.4 is 4.57 Å². The standard InChI is InChI=1S/C27H29N2O/c1-16-21-11-13-28(3)25(21)17(2)23-26-24-19(10-12-29(26)4)14-20(15-22(24)30-27(16)23)18-8-6-5-7-9-18/h10-15,18H,5-9H2,1-4H3/q+1. The van der Waals surface area contributed by atoms with Gasteiger partial charge in [0.25, 0.3) is 0 Å². The van der Waals surface area contributed by atoms with Gasteiger partial charge in [0.1, 0.15) is 18.2 Å². The Morgan fingerprint density at radius 3 is 2.60 bits per heavy atom. The molecule has 0 unspecified atom stereocenters. The van der Waals surface area contributed by atoms with E-state index < -0.39 is 0 Å². The average Bonchev–Trinajstić information content (AvgIpc) is 3.16. The van der Waals surface area contributed by atoms with Crippen LogP contribution in [0.1, 0.15) is 54.7 Å². The summed E-state index contributed by atoms with van der Waals surface area (Å²) >= 11 is 0. The predicted molar refractivity (Wildman–Crippen MR) is 124 cm³/mol. The molecule has 3 aromatic heterocycles. The Hall–Kier alpha value is -2.81. The second kappa shape index (κ2) is 6.34. The molecule has 30 heavy (non-hydrogen) atoms. The summed E-state index contributed by atoms with van der Waals surface area (Å²) in [7, 11) is 4.29. The fourth-order valence-electron chi connectivity index (χ4n) is 5.96. The number of fused-ring (bicyclic) bond motifs is 3. The molecular weight excluding hydrogens is 368 g/mol. The maximum Gasteiger partial charge on any atom is 0.216 e. The van der Waals surface area contributed by atoms with E-state index in [1.54, 1.807) is 0 Å². The molecule has 152 valence electrons. The minimum atomic E-state index is 0.668. The highest BCUT2D eigenvalue weighted by atomic mass is 16.3. The van der Waals surface area contributed by atoms with Crippen LogP contribution >= 0.6 is 0 Å². The third-order valence-corrected chi connectivity index (χ3v) is 7.52. The van der Waals surface area contributed by atoms with Gasteiger partial charge in [-0.1, -0.05) is 25.3 Å². The van der Waals surface area contributed by atoms with Crippen LogP contribution in [-0.4, -0.2) is 4.57 Å². The highest BCUT2D eigenvalue weighted by Gasteiger charge is 2.24. The molecule has 3 nitrogen and oxygen atoms in total. The van der Waals surface area contributed by atoms with E-state index >= 15 is 0 Å². The third kappa shape index (κ3) is 2.35. The van der Waals surface area contributed by atoms with Crippen molar-refractivity contribution >= 4 is 43.7 Å². The van der Waals surface area contributed by atoms with Gasteiger partial charge >= 0.3 is 0 Å². The zero-order valence-corrected chi connectivity index (χ0v) is 18.4. The van der Waals surface area contributed by atoms with Crippen molar-refractivity contribution in [1.82, 2.24) is 4.57 Å². The average molecular weight is 398 g/mol. The highest BCUT2D eigenvalue weighted by Crippen LogP contribution is 2.42. The van der Waals surface area contributed by atoms with Crippen molar-refractivity contribution in [2.75, 3.05) is 0 Å². The largest absolute Gasteiger partial charge is 0.456 e. The maximum absolute atomic E-state index is 6.74. The third-order valence-electron chi connectivity index (χ3n) is 7.52. The lowest BCUT2D eigenvalue weighted by Crippen LogP contribution is -2.25. The first-order valence-corrected chi connectivity index (χ1v) is 11.3. The molecule has 0 saturated heterocycles. The molecule has 1 saturated carbocycles. The van der Waals surface area contributed by atoms with E-state index in [-0.39, 0.29) is 0 Å². The van der Waals surface area contributed by atoms with Gasteiger partial charge in [-0.3, -0.25) is 0 Å². The van der Waals surface area contributed by atoms with Crippen LogP contribution in [0.15, 0.2) is 41.1 Å². The number of nitrogens with zero attached hydrogens (tertiary/aromatic N) is 2. The van der Waals surface area contributed by atoms with Gasteiger partial charge < -0.3 is 8.98 Å². The van der Waals surface area contributed by atoms with Crippen LogP contribution in [0.25, 0.3) is 43.7 Å². The summed E-state index contributed by atoms with van der Waals surface area (Å²) in [5, 5.41) is 5.09. The number of hydrogen-bond acceptors (Lipinski definition) is 1. The van der Waals surface area contributed by atoms with E-state index in [9.17, 15) is 0 Å². The monoisotopic (exact) mass is 397 g/mol. The Balaban J connectivity index is 1.80. The van der Waals surface area contributed by atoms with Crippen molar-refractivity contribution in [3.63, 3.8) is 0 Å². The molecule has 0 N–H and O–H groups in total. The molecule has 0 amide bonds. The summed E-state index contributed by atoms with van der Waals surface area (Å²) < 4.78 is 11.3. The number of hydrogen-bond donors (Lipinski definition) is 0. The van der Waals surface area contributed by atoms with Crippen LogP contribution in [0.4, 0.5) is 0 Å². The van der Waals surface area contributed by atoms with Crippen LogP contribution in [0, 0.1) is 13.8 Å². The Labute approximate surface area is 176 Å². The zero-order valence-electron chi connectivity index (χ0n) is 18.4. The van der Waals surface area contributed by atoms with Crippen LogP contribution in [0.3, 0.4) is 0 Å². The van der Waals surface area contributed by atoms with Gasteiger partial charge in [0.2, 0.25) is 5.52 Å². The van der Waals surface area contributed by atoms with Gasteiger partial charge in [0, 0.05) is 35.8 Å². The van der Waals surface area contributed by atoms with Gasteiger partial charge in [0.05, 0.1) is 16.3 Å². The number of pyridine rings is 1. The lowest BCUT2D eigenvalue weighted by molar-refractivity contribution is -0.642. The molecular formula is C27H29N2O+. The lowest BCUT2D eigenvalue weighted by Gasteiger charge is -2.23. The fourth-order valence-corrected chi connectivity index (χ4v) is 5.96. The molecule has 0 radical (unpaired) electrons. The second-order valence-corrected chi connectivity index (χ2v) is 9.34. The van der Waals surface area contributed by atoms with Crippen molar-refractivity contribution < 1.29 is 8.98 Å². The Morgan fingerprint density at radius 2 is 1.80 bits per heavy atom.